The Balaban J connectivity index is 1.99. The molecule has 0 radical (unpaired) electrons. The largest absolute Gasteiger partial charge is 0.497 e. The lowest BCUT2D eigenvalue weighted by Crippen LogP contribution is -2.23. The topological polar surface area (TPSA) is 50.4 Å². The molecule has 0 atom stereocenters. The van der Waals surface area contributed by atoms with Crippen LogP contribution in [0.3, 0.4) is 0 Å². The SMILES string of the molecule is CCc1cccc(CC)c1NC(=O)CNc1ccc(OC)cc1. The van der Waals surface area contributed by atoms with Gasteiger partial charge in [-0.25, -0.2) is 0 Å². The average molecular weight is 312 g/mol. The number of rotatable bonds is 7. The average Bonchev–Trinajstić information content (AvgIpc) is 2.60. The fraction of sp³-hybridized carbons (Fsp3) is 0.316. The first-order valence-electron chi connectivity index (χ1n) is 7.96. The number of nitrogens with one attached hydrogen (secondary N) is 2. The van der Waals surface area contributed by atoms with Gasteiger partial charge in [0, 0.05) is 11.4 Å². The number of para-hydroxylation sites is 1. The molecule has 0 fully saturated rings. The minimum absolute atomic E-state index is 0.0450. The first kappa shape index (κ1) is 16.9. The van der Waals surface area contributed by atoms with Crippen LogP contribution in [0.15, 0.2) is 42.5 Å². The van der Waals surface area contributed by atoms with Crippen molar-refractivity contribution in [1.82, 2.24) is 0 Å². The van der Waals surface area contributed by atoms with E-state index in [9.17, 15) is 4.79 Å². The van der Waals surface area contributed by atoms with Gasteiger partial charge in [0.1, 0.15) is 5.75 Å². The van der Waals surface area contributed by atoms with E-state index in [0.717, 1.165) is 30.0 Å². The van der Waals surface area contributed by atoms with Gasteiger partial charge < -0.3 is 15.4 Å². The molecular weight excluding hydrogens is 288 g/mol. The van der Waals surface area contributed by atoms with Crippen molar-refractivity contribution in [3.05, 3.63) is 53.6 Å². The zero-order valence-electron chi connectivity index (χ0n) is 14.0. The second-order valence-electron chi connectivity index (χ2n) is 5.29. The molecule has 0 unspecified atom stereocenters. The first-order chi connectivity index (χ1) is 11.2. The van der Waals surface area contributed by atoms with E-state index in [1.165, 1.54) is 11.1 Å². The predicted molar refractivity (Wildman–Crippen MR) is 95.3 cm³/mol. The van der Waals surface area contributed by atoms with Gasteiger partial charge in [0.05, 0.1) is 13.7 Å². The van der Waals surface area contributed by atoms with Crippen LogP contribution in [0, 0.1) is 0 Å². The van der Waals surface area contributed by atoms with Crippen LogP contribution in [0.2, 0.25) is 0 Å². The third-order valence-electron chi connectivity index (χ3n) is 3.81. The maximum absolute atomic E-state index is 12.2. The Bertz CT molecular complexity index is 629. The minimum Gasteiger partial charge on any atom is -0.497 e. The third kappa shape index (κ3) is 4.49. The van der Waals surface area contributed by atoms with Crippen LogP contribution >= 0.6 is 0 Å². The fourth-order valence-electron chi connectivity index (χ4n) is 2.48. The lowest BCUT2D eigenvalue weighted by Gasteiger charge is -2.15. The number of anilines is 2. The molecule has 0 aromatic heterocycles. The Hall–Kier alpha value is -2.49. The van der Waals surface area contributed by atoms with Crippen molar-refractivity contribution in [1.29, 1.82) is 0 Å². The van der Waals surface area contributed by atoms with E-state index in [1.807, 2.05) is 30.3 Å². The standard InChI is InChI=1S/C19H24N2O2/c1-4-14-7-6-8-15(5-2)19(14)21-18(22)13-20-16-9-11-17(23-3)12-10-16/h6-12,20H,4-5,13H2,1-3H3,(H,21,22). The molecule has 0 bridgehead atoms. The van der Waals surface area contributed by atoms with Crippen LogP contribution in [0.25, 0.3) is 0 Å². The predicted octanol–water partition coefficient (Wildman–Crippen LogP) is 3.87. The number of benzene rings is 2. The van der Waals surface area contributed by atoms with Crippen molar-refractivity contribution in [2.45, 2.75) is 26.7 Å². The monoisotopic (exact) mass is 312 g/mol. The maximum Gasteiger partial charge on any atom is 0.243 e. The van der Waals surface area contributed by atoms with Gasteiger partial charge in [0.2, 0.25) is 5.91 Å². The summed E-state index contributed by atoms with van der Waals surface area (Å²) in [5.74, 6) is 0.751. The number of amides is 1. The van der Waals surface area contributed by atoms with Crippen molar-refractivity contribution in [3.8, 4) is 5.75 Å². The molecule has 0 aliphatic carbocycles. The molecule has 0 aliphatic heterocycles. The quantitative estimate of drug-likeness (QED) is 0.816. The highest BCUT2D eigenvalue weighted by molar-refractivity contribution is 5.95. The molecule has 2 aromatic rings. The van der Waals surface area contributed by atoms with E-state index in [1.54, 1.807) is 7.11 Å². The molecule has 2 N–H and O–H groups in total. The molecule has 4 heteroatoms. The van der Waals surface area contributed by atoms with E-state index < -0.39 is 0 Å². The minimum atomic E-state index is -0.0450. The van der Waals surface area contributed by atoms with Crippen molar-refractivity contribution in [3.63, 3.8) is 0 Å². The zero-order valence-corrected chi connectivity index (χ0v) is 14.0. The Morgan fingerprint density at radius 3 is 2.13 bits per heavy atom. The van der Waals surface area contributed by atoms with Crippen molar-refractivity contribution >= 4 is 17.3 Å². The van der Waals surface area contributed by atoms with Crippen molar-refractivity contribution in [2.24, 2.45) is 0 Å². The maximum atomic E-state index is 12.2. The number of carbonyl (C=O) groups excluding carboxylic acids is 1. The number of hydrogen-bond acceptors (Lipinski definition) is 3. The molecular formula is C19H24N2O2. The molecule has 1 amide bonds. The highest BCUT2D eigenvalue weighted by Crippen LogP contribution is 2.22. The van der Waals surface area contributed by atoms with Crippen molar-refractivity contribution < 1.29 is 9.53 Å². The van der Waals surface area contributed by atoms with Crippen LogP contribution in [0.5, 0.6) is 5.75 Å². The van der Waals surface area contributed by atoms with Gasteiger partial charge >= 0.3 is 0 Å². The molecule has 0 spiro atoms. The Morgan fingerprint density at radius 2 is 1.61 bits per heavy atom. The van der Waals surface area contributed by atoms with Gasteiger partial charge in [-0.05, 0) is 48.2 Å². The summed E-state index contributed by atoms with van der Waals surface area (Å²) in [7, 11) is 1.63. The van der Waals surface area contributed by atoms with E-state index >= 15 is 0 Å². The summed E-state index contributed by atoms with van der Waals surface area (Å²) < 4.78 is 5.12. The number of methoxy groups -OCH3 is 1. The van der Waals surface area contributed by atoms with E-state index in [2.05, 4.69) is 36.6 Å². The molecule has 4 nitrogen and oxygen atoms in total. The summed E-state index contributed by atoms with van der Waals surface area (Å²) in [6.45, 7) is 4.42. The summed E-state index contributed by atoms with van der Waals surface area (Å²) >= 11 is 0. The summed E-state index contributed by atoms with van der Waals surface area (Å²) in [5.41, 5.74) is 4.18. The molecule has 2 rings (SSSR count). The van der Waals surface area contributed by atoms with E-state index in [0.29, 0.717) is 0 Å². The second-order valence-corrected chi connectivity index (χ2v) is 5.29. The smallest absolute Gasteiger partial charge is 0.243 e. The molecule has 0 heterocycles. The van der Waals surface area contributed by atoms with Crippen LogP contribution in [-0.4, -0.2) is 19.6 Å². The van der Waals surface area contributed by atoms with Gasteiger partial charge in [0.15, 0.2) is 0 Å². The lowest BCUT2D eigenvalue weighted by molar-refractivity contribution is -0.114. The number of hydrogen-bond donors (Lipinski definition) is 2. The van der Waals surface area contributed by atoms with Crippen LogP contribution in [-0.2, 0) is 17.6 Å². The van der Waals surface area contributed by atoms with E-state index in [-0.39, 0.29) is 12.5 Å². The molecule has 0 saturated carbocycles. The van der Waals surface area contributed by atoms with Crippen LogP contribution < -0.4 is 15.4 Å². The van der Waals surface area contributed by atoms with Crippen molar-refractivity contribution in [2.75, 3.05) is 24.3 Å². The van der Waals surface area contributed by atoms with Crippen LogP contribution in [0.1, 0.15) is 25.0 Å². The second kappa shape index (κ2) is 8.22. The molecule has 122 valence electrons. The van der Waals surface area contributed by atoms with Gasteiger partial charge in [-0.3, -0.25) is 4.79 Å². The Kier molecular flexibility index (Phi) is 6.03. The third-order valence-corrected chi connectivity index (χ3v) is 3.81. The zero-order chi connectivity index (χ0) is 16.7. The summed E-state index contributed by atoms with van der Waals surface area (Å²) in [5, 5.41) is 6.17. The summed E-state index contributed by atoms with van der Waals surface area (Å²) in [6.07, 6.45) is 1.80. The first-order valence-corrected chi connectivity index (χ1v) is 7.96. The summed E-state index contributed by atoms with van der Waals surface area (Å²) in [6, 6.07) is 13.7. The van der Waals surface area contributed by atoms with Gasteiger partial charge in [-0.1, -0.05) is 32.0 Å². The van der Waals surface area contributed by atoms with E-state index in [4.69, 9.17) is 4.74 Å². The fourth-order valence-corrected chi connectivity index (χ4v) is 2.48. The van der Waals surface area contributed by atoms with Gasteiger partial charge in [-0.2, -0.15) is 0 Å². The van der Waals surface area contributed by atoms with Crippen LogP contribution in [0.4, 0.5) is 11.4 Å². The number of carbonyl (C=O) groups is 1. The molecule has 2 aromatic carbocycles. The van der Waals surface area contributed by atoms with Gasteiger partial charge in [0.25, 0.3) is 0 Å². The summed E-state index contributed by atoms with van der Waals surface area (Å²) in [4.78, 5) is 12.2. The number of aryl methyl sites for hydroxylation is 2. The van der Waals surface area contributed by atoms with Gasteiger partial charge in [-0.15, -0.1) is 0 Å². The lowest BCUT2D eigenvalue weighted by atomic mass is 10.0. The highest BCUT2D eigenvalue weighted by atomic mass is 16.5. The highest BCUT2D eigenvalue weighted by Gasteiger charge is 2.09. The molecule has 23 heavy (non-hydrogen) atoms. The Morgan fingerprint density at radius 1 is 1.00 bits per heavy atom. The normalized spacial score (nSPS) is 10.2. The molecule has 0 saturated heterocycles. The molecule has 0 aliphatic rings. The number of ether oxygens (including phenoxy) is 1. The Labute approximate surface area is 137 Å².